The first-order valence-corrected chi connectivity index (χ1v) is 7.04. The van der Waals surface area contributed by atoms with Gasteiger partial charge >= 0.3 is 0 Å². The molecule has 0 amide bonds. The maximum atomic E-state index is 13.7. The Labute approximate surface area is 116 Å². The van der Waals surface area contributed by atoms with Crippen molar-refractivity contribution in [3.63, 3.8) is 0 Å². The topological polar surface area (TPSA) is 29.3 Å². The van der Waals surface area contributed by atoms with Crippen LogP contribution in [0.25, 0.3) is 0 Å². The average molecular weight is 266 g/mol. The van der Waals surface area contributed by atoms with E-state index in [9.17, 15) is 4.39 Å². The van der Waals surface area contributed by atoms with E-state index in [0.29, 0.717) is 24.1 Å². The van der Waals surface area contributed by atoms with Gasteiger partial charge in [0.25, 0.3) is 0 Å². The Balaban J connectivity index is 2.89. The molecule has 2 nitrogen and oxygen atoms in total. The van der Waals surface area contributed by atoms with E-state index in [1.165, 1.54) is 0 Å². The molecule has 0 heterocycles. The Kier molecular flexibility index (Phi) is 5.95. The fourth-order valence-corrected chi connectivity index (χ4v) is 2.51. The van der Waals surface area contributed by atoms with Gasteiger partial charge in [0.2, 0.25) is 0 Å². The molecule has 108 valence electrons. The first-order chi connectivity index (χ1) is 8.86. The van der Waals surface area contributed by atoms with E-state index in [1.807, 2.05) is 12.1 Å². The molecule has 1 aromatic rings. The van der Waals surface area contributed by atoms with E-state index in [-0.39, 0.29) is 11.9 Å². The number of halogens is 1. The van der Waals surface area contributed by atoms with Crippen molar-refractivity contribution >= 4 is 0 Å². The monoisotopic (exact) mass is 266 g/mol. The van der Waals surface area contributed by atoms with Crippen LogP contribution in [0.1, 0.15) is 44.4 Å². The molecule has 2 N–H and O–H groups in total. The molecule has 0 radical (unpaired) electrons. The van der Waals surface area contributed by atoms with Crippen molar-refractivity contribution in [3.05, 3.63) is 35.1 Å². The molecular formula is C16H27FN2. The smallest absolute Gasteiger partial charge is 0.126 e. The van der Waals surface area contributed by atoms with Crippen molar-refractivity contribution in [3.8, 4) is 0 Å². The van der Waals surface area contributed by atoms with Crippen molar-refractivity contribution in [2.75, 3.05) is 13.6 Å². The van der Waals surface area contributed by atoms with E-state index in [1.54, 1.807) is 13.0 Å². The number of likely N-dealkylation sites (N-methyl/N-ethyl adjacent to an activating group) is 1. The molecule has 3 heteroatoms. The molecule has 0 saturated carbocycles. The summed E-state index contributed by atoms with van der Waals surface area (Å²) in [5.41, 5.74) is 7.54. The molecule has 0 saturated heterocycles. The van der Waals surface area contributed by atoms with Gasteiger partial charge in [-0.15, -0.1) is 0 Å². The number of hydrogen-bond acceptors (Lipinski definition) is 2. The highest BCUT2D eigenvalue weighted by molar-refractivity contribution is 5.26. The van der Waals surface area contributed by atoms with E-state index in [0.717, 1.165) is 12.0 Å². The number of hydrogen-bond donors (Lipinski definition) is 1. The third-order valence-electron chi connectivity index (χ3n) is 3.80. The SMILES string of the molecule is Cc1ccc(C(CN)N(C)C(C)CC(C)C)cc1F. The summed E-state index contributed by atoms with van der Waals surface area (Å²) in [6.45, 7) is 8.91. The van der Waals surface area contributed by atoms with Crippen LogP contribution in [0.5, 0.6) is 0 Å². The zero-order valence-electron chi connectivity index (χ0n) is 12.8. The second-order valence-corrected chi connectivity index (χ2v) is 5.90. The van der Waals surface area contributed by atoms with Crippen LogP contribution in [0.3, 0.4) is 0 Å². The maximum Gasteiger partial charge on any atom is 0.126 e. The van der Waals surface area contributed by atoms with Gasteiger partial charge in [0, 0.05) is 18.6 Å². The molecule has 1 aromatic carbocycles. The zero-order valence-corrected chi connectivity index (χ0v) is 12.8. The van der Waals surface area contributed by atoms with Crippen molar-refractivity contribution in [2.24, 2.45) is 11.7 Å². The molecule has 0 aliphatic carbocycles. The summed E-state index contributed by atoms with van der Waals surface area (Å²) in [4.78, 5) is 2.25. The minimum atomic E-state index is -0.152. The largest absolute Gasteiger partial charge is 0.329 e. The minimum Gasteiger partial charge on any atom is -0.329 e. The number of benzene rings is 1. The van der Waals surface area contributed by atoms with Gasteiger partial charge in [-0.1, -0.05) is 26.0 Å². The van der Waals surface area contributed by atoms with E-state index >= 15 is 0 Å². The lowest BCUT2D eigenvalue weighted by molar-refractivity contribution is 0.168. The van der Waals surface area contributed by atoms with Crippen LogP contribution in [0.15, 0.2) is 18.2 Å². The summed E-state index contributed by atoms with van der Waals surface area (Å²) in [6, 6.07) is 5.93. The number of aryl methyl sites for hydroxylation is 1. The van der Waals surface area contributed by atoms with E-state index in [2.05, 4.69) is 32.7 Å². The average Bonchev–Trinajstić information content (AvgIpc) is 2.33. The molecule has 0 spiro atoms. The Morgan fingerprint density at radius 2 is 1.89 bits per heavy atom. The minimum absolute atomic E-state index is 0.0730. The maximum absolute atomic E-state index is 13.7. The fourth-order valence-electron chi connectivity index (χ4n) is 2.51. The quantitative estimate of drug-likeness (QED) is 0.854. The van der Waals surface area contributed by atoms with Gasteiger partial charge in [-0.25, -0.2) is 4.39 Å². The highest BCUT2D eigenvalue weighted by Crippen LogP contribution is 2.24. The van der Waals surface area contributed by atoms with Crippen molar-refractivity contribution in [1.29, 1.82) is 0 Å². The first kappa shape index (κ1) is 16.1. The van der Waals surface area contributed by atoms with Gasteiger partial charge < -0.3 is 5.73 Å². The van der Waals surface area contributed by atoms with E-state index < -0.39 is 0 Å². The summed E-state index contributed by atoms with van der Waals surface area (Å²) in [6.07, 6.45) is 1.11. The number of nitrogens with zero attached hydrogens (tertiary/aromatic N) is 1. The summed E-state index contributed by atoms with van der Waals surface area (Å²) in [7, 11) is 2.07. The van der Waals surface area contributed by atoms with Crippen molar-refractivity contribution in [1.82, 2.24) is 4.90 Å². The predicted octanol–water partition coefficient (Wildman–Crippen LogP) is 3.50. The summed E-state index contributed by atoms with van der Waals surface area (Å²) in [5.74, 6) is 0.492. The van der Waals surface area contributed by atoms with Crippen LogP contribution >= 0.6 is 0 Å². The van der Waals surface area contributed by atoms with Crippen LogP contribution in [-0.2, 0) is 0 Å². The fraction of sp³-hybridized carbons (Fsp3) is 0.625. The molecule has 1 rings (SSSR count). The normalized spacial score (nSPS) is 15.0. The lowest BCUT2D eigenvalue weighted by atomic mass is 9.99. The summed E-state index contributed by atoms with van der Waals surface area (Å²) in [5, 5.41) is 0. The van der Waals surface area contributed by atoms with Crippen molar-refractivity contribution in [2.45, 2.75) is 46.2 Å². The van der Waals surface area contributed by atoms with Crippen molar-refractivity contribution < 1.29 is 4.39 Å². The highest BCUT2D eigenvalue weighted by atomic mass is 19.1. The molecule has 0 aromatic heterocycles. The molecule has 0 fully saturated rings. The van der Waals surface area contributed by atoms with Gasteiger partial charge in [-0.2, -0.15) is 0 Å². The molecule has 2 unspecified atom stereocenters. The third-order valence-corrected chi connectivity index (χ3v) is 3.80. The van der Waals surface area contributed by atoms with Gasteiger partial charge in [0.05, 0.1) is 0 Å². The van der Waals surface area contributed by atoms with Gasteiger partial charge in [0.1, 0.15) is 5.82 Å². The van der Waals surface area contributed by atoms with Crippen LogP contribution in [0.2, 0.25) is 0 Å². The Bertz CT molecular complexity index is 404. The Morgan fingerprint density at radius 3 is 2.37 bits per heavy atom. The third kappa shape index (κ3) is 4.29. The van der Waals surface area contributed by atoms with Crippen LogP contribution in [0.4, 0.5) is 4.39 Å². The molecule has 2 atom stereocenters. The summed E-state index contributed by atoms with van der Waals surface area (Å²) < 4.78 is 13.7. The van der Waals surface area contributed by atoms with Crippen LogP contribution in [-0.4, -0.2) is 24.5 Å². The van der Waals surface area contributed by atoms with Crippen LogP contribution in [0, 0.1) is 18.7 Å². The number of rotatable bonds is 6. The molecule has 0 aliphatic heterocycles. The standard InChI is InChI=1S/C16H27FN2/c1-11(2)8-13(4)19(5)16(10-18)14-7-6-12(3)15(17)9-14/h6-7,9,11,13,16H,8,10,18H2,1-5H3. The Hall–Kier alpha value is -0.930. The first-order valence-electron chi connectivity index (χ1n) is 7.04. The zero-order chi connectivity index (χ0) is 14.6. The van der Waals surface area contributed by atoms with Gasteiger partial charge in [0.15, 0.2) is 0 Å². The molecular weight excluding hydrogens is 239 g/mol. The Morgan fingerprint density at radius 1 is 1.26 bits per heavy atom. The van der Waals surface area contributed by atoms with E-state index in [4.69, 9.17) is 5.73 Å². The second-order valence-electron chi connectivity index (χ2n) is 5.90. The second kappa shape index (κ2) is 7.01. The highest BCUT2D eigenvalue weighted by Gasteiger charge is 2.21. The molecule has 0 bridgehead atoms. The summed E-state index contributed by atoms with van der Waals surface area (Å²) >= 11 is 0. The lowest BCUT2D eigenvalue weighted by Gasteiger charge is -2.33. The van der Waals surface area contributed by atoms with Gasteiger partial charge in [-0.3, -0.25) is 4.90 Å². The molecule has 0 aliphatic rings. The predicted molar refractivity (Wildman–Crippen MR) is 79.6 cm³/mol. The number of nitrogens with two attached hydrogens (primary N) is 1. The van der Waals surface area contributed by atoms with Crippen LogP contribution < -0.4 is 5.73 Å². The molecule has 19 heavy (non-hydrogen) atoms. The lowest BCUT2D eigenvalue weighted by Crippen LogP contribution is -2.37. The van der Waals surface area contributed by atoms with Gasteiger partial charge in [-0.05, 0) is 50.4 Å².